The van der Waals surface area contributed by atoms with Crippen molar-refractivity contribution in [1.29, 1.82) is 5.41 Å². The summed E-state index contributed by atoms with van der Waals surface area (Å²) in [7, 11) is 0. The maximum Gasteiger partial charge on any atom is 0.478 e. The molecule has 2 aromatic carbocycles. The van der Waals surface area contributed by atoms with E-state index in [-0.39, 0.29) is 35.4 Å². The number of benzene rings is 2. The largest absolute Gasteiger partial charge is 0.478 e. The topological polar surface area (TPSA) is 71.5 Å². The van der Waals surface area contributed by atoms with Crippen molar-refractivity contribution >= 4 is 23.7 Å². The van der Waals surface area contributed by atoms with Crippen LogP contribution in [0.3, 0.4) is 0 Å². The number of allylic oxidation sites excluding steroid dienone is 3. The summed E-state index contributed by atoms with van der Waals surface area (Å²) >= 11 is 0. The third-order valence-electron chi connectivity index (χ3n) is 6.95. The second kappa shape index (κ2) is 12.9. The van der Waals surface area contributed by atoms with E-state index in [1.165, 1.54) is 26.0 Å². The van der Waals surface area contributed by atoms with Crippen molar-refractivity contribution in [2.75, 3.05) is 6.54 Å². The summed E-state index contributed by atoms with van der Waals surface area (Å²) in [5.41, 5.74) is -1.99. The average molecular weight is 616 g/mol. The lowest BCUT2D eigenvalue weighted by molar-refractivity contribution is -0.526. The molecule has 1 aliphatic heterocycles. The highest BCUT2D eigenvalue weighted by Crippen LogP contribution is 2.40. The Morgan fingerprint density at radius 2 is 1.65 bits per heavy atom. The van der Waals surface area contributed by atoms with Crippen molar-refractivity contribution < 1.29 is 44.8 Å². The Balaban J connectivity index is 2.08. The van der Waals surface area contributed by atoms with Crippen LogP contribution in [-0.2, 0) is 6.42 Å². The van der Waals surface area contributed by atoms with E-state index in [0.717, 1.165) is 18.2 Å². The molecule has 0 bridgehead atoms. The van der Waals surface area contributed by atoms with Gasteiger partial charge in [0.1, 0.15) is 23.0 Å². The van der Waals surface area contributed by atoms with Gasteiger partial charge >= 0.3 is 12.1 Å². The highest BCUT2D eigenvalue weighted by atomic mass is 19.4. The normalized spacial score (nSPS) is 16.1. The Hall–Kier alpha value is -3.71. The Morgan fingerprint density at radius 1 is 1.05 bits per heavy atom. The molecule has 3 rings (SSSR count). The second-order valence-corrected chi connectivity index (χ2v) is 10.2. The molecular formula is C30H31F8N4O+. The van der Waals surface area contributed by atoms with E-state index in [0.29, 0.717) is 28.7 Å². The zero-order valence-electron chi connectivity index (χ0n) is 23.8. The van der Waals surface area contributed by atoms with Gasteiger partial charge < -0.3 is 10.5 Å². The molecular weight excluding hydrogens is 584 g/mol. The second-order valence-electron chi connectivity index (χ2n) is 10.2. The number of rotatable bonds is 12. The van der Waals surface area contributed by atoms with Crippen LogP contribution >= 0.6 is 0 Å². The lowest BCUT2D eigenvalue weighted by atomic mass is 9.93. The number of hydrogen-bond acceptors (Lipinski definition) is 4. The lowest BCUT2D eigenvalue weighted by Crippen LogP contribution is -2.53. The molecule has 0 amide bonds. The molecule has 0 radical (unpaired) electrons. The summed E-state index contributed by atoms with van der Waals surface area (Å²) in [6, 6.07) is 5.35. The van der Waals surface area contributed by atoms with Crippen LogP contribution in [-0.4, -0.2) is 58.7 Å². The van der Waals surface area contributed by atoms with Gasteiger partial charge in [-0.05, 0) is 74.4 Å². The van der Waals surface area contributed by atoms with Crippen molar-refractivity contribution in [2.24, 2.45) is 4.99 Å². The first-order chi connectivity index (χ1) is 19.9. The molecule has 0 saturated carbocycles. The molecule has 2 aromatic rings. The van der Waals surface area contributed by atoms with Crippen LogP contribution in [0, 0.1) is 22.9 Å². The molecule has 232 valence electrons. The minimum Gasteiger partial charge on any atom is -0.372 e. The molecule has 3 N–H and O–H groups in total. The summed E-state index contributed by atoms with van der Waals surface area (Å²) in [6.45, 7) is 7.27. The Labute approximate surface area is 243 Å². The van der Waals surface area contributed by atoms with Gasteiger partial charge in [0, 0.05) is 24.3 Å². The van der Waals surface area contributed by atoms with Crippen LogP contribution in [0.4, 0.5) is 35.1 Å². The number of aliphatic hydroxyl groups is 1. The molecule has 1 aliphatic rings. The predicted octanol–water partition coefficient (Wildman–Crippen LogP) is 6.79. The van der Waals surface area contributed by atoms with Crippen LogP contribution in [0.25, 0.3) is 5.57 Å². The van der Waals surface area contributed by atoms with E-state index in [1.807, 2.05) is 0 Å². The zero-order chi connectivity index (χ0) is 32.4. The molecule has 0 saturated heterocycles. The van der Waals surface area contributed by atoms with Crippen LogP contribution in [0.15, 0.2) is 58.4 Å². The molecule has 0 spiro atoms. The standard InChI is InChI=1S/C30H31F8N4O/c1-6-21-27(29(4,34)35)42(28(21)30(36,37)38)14-25(43)41-24(11-17-9-19(31)13-20(32)10-17)26(40-5)15(2)18-7-8-23(33)22(12-18)16(3)39/h7-10,12-13,24-25,39,41,43H,5-6,11,14H2,1-4H3/q+1. The van der Waals surface area contributed by atoms with Crippen molar-refractivity contribution in [2.45, 2.75) is 64.9 Å². The van der Waals surface area contributed by atoms with Gasteiger partial charge in [-0.25, -0.2) is 13.2 Å². The highest BCUT2D eigenvalue weighted by Gasteiger charge is 2.60. The van der Waals surface area contributed by atoms with Crippen molar-refractivity contribution in [1.82, 2.24) is 5.32 Å². The van der Waals surface area contributed by atoms with Gasteiger partial charge in [-0.15, -0.1) is 0 Å². The monoisotopic (exact) mass is 615 g/mol. The quantitative estimate of drug-likeness (QED) is 0.107. The van der Waals surface area contributed by atoms with E-state index in [2.05, 4.69) is 17.0 Å². The minimum atomic E-state index is -4.98. The number of nitrogens with one attached hydrogen (secondary N) is 2. The summed E-state index contributed by atoms with van der Waals surface area (Å²) in [6.07, 6.45) is -7.44. The van der Waals surface area contributed by atoms with E-state index in [9.17, 15) is 40.2 Å². The van der Waals surface area contributed by atoms with E-state index >= 15 is 0 Å². The Morgan fingerprint density at radius 3 is 2.14 bits per heavy atom. The van der Waals surface area contributed by atoms with Gasteiger partial charge in [0.25, 0.3) is 11.4 Å². The van der Waals surface area contributed by atoms with Crippen molar-refractivity contribution in [3.05, 3.63) is 87.5 Å². The molecule has 2 unspecified atom stereocenters. The first kappa shape index (κ1) is 33.8. The third-order valence-corrected chi connectivity index (χ3v) is 6.95. The SMILES string of the molecule is C=NC(=C(C)c1ccc(F)c(C(C)=N)c1)C(Cc1cc(F)cc(F)c1)NC(O)C[N+]1=C(C(F)(F)F)C(CC)=C1C(C)(F)F. The van der Waals surface area contributed by atoms with Gasteiger partial charge in [-0.1, -0.05) is 13.0 Å². The first-order valence-corrected chi connectivity index (χ1v) is 13.1. The van der Waals surface area contributed by atoms with Gasteiger partial charge in [0.05, 0.1) is 11.7 Å². The molecule has 1 heterocycles. The number of hydrogen-bond donors (Lipinski definition) is 3. The molecule has 0 aromatic heterocycles. The Bertz CT molecular complexity index is 1500. The van der Waals surface area contributed by atoms with Crippen molar-refractivity contribution in [3.8, 4) is 0 Å². The summed E-state index contributed by atoms with van der Waals surface area (Å²) in [5, 5.41) is 21.4. The van der Waals surface area contributed by atoms with Crippen LogP contribution in [0.5, 0.6) is 0 Å². The van der Waals surface area contributed by atoms with Crippen LogP contribution in [0.2, 0.25) is 0 Å². The highest BCUT2D eigenvalue weighted by molar-refractivity contribution is 6.04. The van der Waals surface area contributed by atoms with E-state index in [4.69, 9.17) is 5.41 Å². The fourth-order valence-electron chi connectivity index (χ4n) is 5.18. The van der Waals surface area contributed by atoms with Crippen LogP contribution < -0.4 is 5.32 Å². The minimum absolute atomic E-state index is 0.0171. The maximum atomic E-state index is 14.4. The smallest absolute Gasteiger partial charge is 0.372 e. The van der Waals surface area contributed by atoms with E-state index < -0.39 is 65.3 Å². The molecule has 0 aliphatic carbocycles. The number of aliphatic hydroxyl groups excluding tert-OH is 1. The number of halogens is 8. The van der Waals surface area contributed by atoms with Gasteiger partial charge in [-0.3, -0.25) is 10.3 Å². The number of aliphatic imine (C=N–C) groups is 1. The number of nitrogens with zero attached hydrogens (tertiary/aromatic N) is 2. The summed E-state index contributed by atoms with van der Waals surface area (Å²) in [4.78, 5) is 4.00. The van der Waals surface area contributed by atoms with Crippen LogP contribution in [0.1, 0.15) is 50.8 Å². The first-order valence-electron chi connectivity index (χ1n) is 13.1. The lowest BCUT2D eigenvalue weighted by Gasteiger charge is -2.30. The molecule has 13 heteroatoms. The maximum absolute atomic E-state index is 14.4. The fourth-order valence-corrected chi connectivity index (χ4v) is 5.18. The Kier molecular flexibility index (Phi) is 10.1. The van der Waals surface area contributed by atoms with E-state index in [1.54, 1.807) is 6.92 Å². The van der Waals surface area contributed by atoms with Gasteiger partial charge in [-0.2, -0.15) is 26.5 Å². The molecule has 5 nitrogen and oxygen atoms in total. The summed E-state index contributed by atoms with van der Waals surface area (Å²) in [5.74, 6) is -6.13. The number of alkyl halides is 5. The third kappa shape index (κ3) is 7.63. The number of β-amino-alcohol motifs (C(OH)–C–C–N with tert-alkyl or cyclic N) is 1. The van der Waals surface area contributed by atoms with Crippen molar-refractivity contribution in [3.63, 3.8) is 0 Å². The van der Waals surface area contributed by atoms with Gasteiger partial charge in [0.15, 0.2) is 12.8 Å². The zero-order valence-corrected chi connectivity index (χ0v) is 23.8. The van der Waals surface area contributed by atoms with Gasteiger partial charge in [0.2, 0.25) is 0 Å². The molecule has 0 fully saturated rings. The average Bonchev–Trinajstić information content (AvgIpc) is 2.84. The predicted molar refractivity (Wildman–Crippen MR) is 148 cm³/mol. The fraction of sp³-hybridized carbons (Fsp3) is 0.367. The molecule has 2 atom stereocenters. The summed E-state index contributed by atoms with van der Waals surface area (Å²) < 4.78 is 113. The molecule has 43 heavy (non-hydrogen) atoms.